The third-order valence-corrected chi connectivity index (χ3v) is 5.57. The van der Waals surface area contributed by atoms with Gasteiger partial charge in [-0.05, 0) is 45.6 Å². The van der Waals surface area contributed by atoms with Gasteiger partial charge >= 0.3 is 0 Å². The minimum atomic E-state index is 0.102. The van der Waals surface area contributed by atoms with Gasteiger partial charge in [0.05, 0.1) is 6.04 Å². The lowest BCUT2D eigenvalue weighted by molar-refractivity contribution is -0.123. The van der Waals surface area contributed by atoms with Crippen molar-refractivity contribution in [2.75, 3.05) is 26.3 Å². The fourth-order valence-corrected chi connectivity index (χ4v) is 3.99. The van der Waals surface area contributed by atoms with E-state index in [-0.39, 0.29) is 23.8 Å². The average molecular weight is 333 g/mol. The monoisotopic (exact) mass is 333 g/mol. The number of hydrogen-bond donors (Lipinski definition) is 2. The molecule has 24 heavy (non-hydrogen) atoms. The molecule has 3 fully saturated rings. The van der Waals surface area contributed by atoms with E-state index in [2.05, 4.69) is 25.4 Å². The molecule has 1 aromatic heterocycles. The van der Waals surface area contributed by atoms with E-state index in [0.717, 1.165) is 70.1 Å². The molecule has 2 atom stereocenters. The summed E-state index contributed by atoms with van der Waals surface area (Å²) in [6.07, 6.45) is 5.24. The highest BCUT2D eigenvalue weighted by molar-refractivity contribution is 5.81. The molecule has 0 aromatic carbocycles. The van der Waals surface area contributed by atoms with Crippen LogP contribution >= 0.6 is 0 Å². The number of piperidine rings is 1. The first kappa shape index (κ1) is 16.0. The zero-order valence-electron chi connectivity index (χ0n) is 14.3. The number of nitrogens with one attached hydrogen (secondary N) is 2. The molecule has 0 radical (unpaired) electrons. The Morgan fingerprint density at radius 1 is 1.25 bits per heavy atom. The topological polar surface area (TPSA) is 83.1 Å². The van der Waals surface area contributed by atoms with Gasteiger partial charge in [0, 0.05) is 37.6 Å². The van der Waals surface area contributed by atoms with Gasteiger partial charge in [-0.15, -0.1) is 0 Å². The minimum absolute atomic E-state index is 0.102. The molecular weight excluding hydrogens is 306 g/mol. The Morgan fingerprint density at radius 3 is 2.71 bits per heavy atom. The molecule has 1 saturated carbocycles. The van der Waals surface area contributed by atoms with Crippen LogP contribution in [0.2, 0.25) is 0 Å². The second kappa shape index (κ2) is 6.80. The van der Waals surface area contributed by atoms with Gasteiger partial charge in [0.25, 0.3) is 0 Å². The third kappa shape index (κ3) is 3.47. The maximum absolute atomic E-state index is 12.3. The van der Waals surface area contributed by atoms with E-state index in [4.69, 9.17) is 4.74 Å². The zero-order valence-corrected chi connectivity index (χ0v) is 14.3. The summed E-state index contributed by atoms with van der Waals surface area (Å²) in [5.41, 5.74) is 0. The van der Waals surface area contributed by atoms with Crippen molar-refractivity contribution in [2.45, 2.75) is 57.0 Å². The largest absolute Gasteiger partial charge is 0.381 e. The molecule has 0 unspecified atom stereocenters. The summed E-state index contributed by atoms with van der Waals surface area (Å²) < 4.78 is 5.49. The number of carbonyl (C=O) groups excluding carboxylic acids is 1. The van der Waals surface area contributed by atoms with Crippen molar-refractivity contribution in [3.63, 3.8) is 0 Å². The highest BCUT2D eigenvalue weighted by atomic mass is 16.5. The molecule has 1 aromatic rings. The maximum Gasteiger partial charge on any atom is 0.223 e. The van der Waals surface area contributed by atoms with Gasteiger partial charge in [-0.25, -0.2) is 4.98 Å². The second-order valence-electron chi connectivity index (χ2n) is 7.40. The first-order chi connectivity index (χ1) is 11.7. The van der Waals surface area contributed by atoms with Gasteiger partial charge in [-0.3, -0.25) is 14.8 Å². The molecule has 0 bridgehead atoms. The summed E-state index contributed by atoms with van der Waals surface area (Å²) in [6.45, 7) is 5.55. The van der Waals surface area contributed by atoms with Gasteiger partial charge in [0.15, 0.2) is 5.82 Å². The van der Waals surface area contributed by atoms with Crippen molar-refractivity contribution in [3.8, 4) is 0 Å². The summed E-state index contributed by atoms with van der Waals surface area (Å²) >= 11 is 0. The summed E-state index contributed by atoms with van der Waals surface area (Å²) in [7, 11) is 0. The van der Waals surface area contributed by atoms with Gasteiger partial charge in [0.1, 0.15) is 5.82 Å². The number of amides is 1. The van der Waals surface area contributed by atoms with Crippen LogP contribution in [0.4, 0.5) is 0 Å². The molecule has 2 saturated heterocycles. The lowest BCUT2D eigenvalue weighted by atomic mass is 9.88. The van der Waals surface area contributed by atoms with Crippen molar-refractivity contribution < 1.29 is 9.53 Å². The van der Waals surface area contributed by atoms with Crippen LogP contribution in [0.15, 0.2) is 0 Å². The van der Waals surface area contributed by atoms with Crippen LogP contribution in [0.25, 0.3) is 0 Å². The van der Waals surface area contributed by atoms with E-state index in [1.165, 1.54) is 0 Å². The third-order valence-electron chi connectivity index (χ3n) is 5.57. The van der Waals surface area contributed by atoms with Gasteiger partial charge in [0.2, 0.25) is 5.91 Å². The fourth-order valence-electron chi connectivity index (χ4n) is 3.99. The second-order valence-corrected chi connectivity index (χ2v) is 7.40. The predicted molar refractivity (Wildman–Crippen MR) is 88.5 cm³/mol. The summed E-state index contributed by atoms with van der Waals surface area (Å²) in [5.74, 6) is 2.34. The number of aromatic amines is 1. The average Bonchev–Trinajstić information content (AvgIpc) is 3.37. The number of aryl methyl sites for hydroxylation is 1. The number of rotatable bonds is 4. The zero-order chi connectivity index (χ0) is 16.5. The molecule has 0 spiro atoms. The molecule has 4 rings (SSSR count). The van der Waals surface area contributed by atoms with E-state index < -0.39 is 0 Å². The molecule has 2 aliphatic heterocycles. The van der Waals surface area contributed by atoms with Crippen molar-refractivity contribution in [2.24, 2.45) is 5.92 Å². The lowest BCUT2D eigenvalue weighted by Gasteiger charge is -2.42. The van der Waals surface area contributed by atoms with Crippen LogP contribution in [0.3, 0.4) is 0 Å². The number of H-pyrrole nitrogens is 1. The van der Waals surface area contributed by atoms with Gasteiger partial charge in [-0.1, -0.05) is 0 Å². The summed E-state index contributed by atoms with van der Waals surface area (Å²) in [4.78, 5) is 19.4. The molecule has 2 N–H and O–H groups in total. The van der Waals surface area contributed by atoms with E-state index in [1.54, 1.807) is 0 Å². The summed E-state index contributed by atoms with van der Waals surface area (Å²) in [6, 6.07) is 0.679. The molecule has 1 aliphatic carbocycles. The number of carbonyl (C=O) groups is 1. The quantitative estimate of drug-likeness (QED) is 0.858. The number of hydrogen-bond acceptors (Lipinski definition) is 5. The van der Waals surface area contributed by atoms with E-state index in [1.807, 2.05) is 6.92 Å². The Hall–Kier alpha value is -1.47. The SMILES string of the molecule is Cc1nc([C@H]2CCN(C3CCOCC3)C[C@H]2NC(=O)C2CC2)n[nH]1. The molecule has 7 nitrogen and oxygen atoms in total. The number of nitrogens with zero attached hydrogens (tertiary/aromatic N) is 3. The van der Waals surface area contributed by atoms with Crippen LogP contribution in [-0.2, 0) is 9.53 Å². The standard InChI is InChI=1S/C17H27N5O2/c1-11-18-16(21-20-11)14-4-7-22(13-5-8-24-9-6-13)10-15(14)19-17(23)12-2-3-12/h12-15H,2-10H2,1H3,(H,19,23)(H,18,20,21)/t14-,15+/m0/s1. The Morgan fingerprint density at radius 2 is 2.04 bits per heavy atom. The minimum Gasteiger partial charge on any atom is -0.381 e. The van der Waals surface area contributed by atoms with Crippen LogP contribution in [0.5, 0.6) is 0 Å². The summed E-state index contributed by atoms with van der Waals surface area (Å²) in [5, 5.41) is 10.6. The highest BCUT2D eigenvalue weighted by Gasteiger charge is 2.39. The molecule has 132 valence electrons. The Labute approximate surface area is 142 Å². The fraction of sp³-hybridized carbons (Fsp3) is 0.824. The number of ether oxygens (including phenoxy) is 1. The Bertz CT molecular complexity index is 579. The van der Waals surface area contributed by atoms with E-state index in [0.29, 0.717) is 6.04 Å². The normalized spacial score (nSPS) is 29.5. The Kier molecular flexibility index (Phi) is 4.54. The first-order valence-corrected chi connectivity index (χ1v) is 9.22. The smallest absolute Gasteiger partial charge is 0.223 e. The van der Waals surface area contributed by atoms with Gasteiger partial charge in [-0.2, -0.15) is 5.10 Å². The first-order valence-electron chi connectivity index (χ1n) is 9.22. The van der Waals surface area contributed by atoms with Crippen LogP contribution in [0, 0.1) is 12.8 Å². The van der Waals surface area contributed by atoms with Crippen molar-refractivity contribution in [1.29, 1.82) is 0 Å². The van der Waals surface area contributed by atoms with E-state index in [9.17, 15) is 4.79 Å². The lowest BCUT2D eigenvalue weighted by Crippen LogP contribution is -2.55. The highest BCUT2D eigenvalue weighted by Crippen LogP contribution is 2.32. The molecule has 3 heterocycles. The predicted octanol–water partition coefficient (Wildman–Crippen LogP) is 0.976. The molecular formula is C17H27N5O2. The molecule has 7 heteroatoms. The number of aromatic nitrogens is 3. The van der Waals surface area contributed by atoms with Crippen LogP contribution in [-0.4, -0.2) is 64.4 Å². The van der Waals surface area contributed by atoms with Crippen LogP contribution in [0.1, 0.15) is 49.7 Å². The molecule has 3 aliphatic rings. The van der Waals surface area contributed by atoms with Gasteiger partial charge < -0.3 is 10.1 Å². The number of likely N-dealkylation sites (tertiary alicyclic amines) is 1. The van der Waals surface area contributed by atoms with E-state index >= 15 is 0 Å². The Balaban J connectivity index is 1.47. The van der Waals surface area contributed by atoms with Crippen molar-refractivity contribution >= 4 is 5.91 Å². The van der Waals surface area contributed by atoms with Crippen LogP contribution < -0.4 is 5.32 Å². The molecule has 1 amide bonds. The van der Waals surface area contributed by atoms with Crippen molar-refractivity contribution in [1.82, 2.24) is 25.4 Å². The maximum atomic E-state index is 12.3. The van der Waals surface area contributed by atoms with Crippen molar-refractivity contribution in [3.05, 3.63) is 11.6 Å².